The van der Waals surface area contributed by atoms with Crippen molar-refractivity contribution in [3.63, 3.8) is 0 Å². The van der Waals surface area contributed by atoms with Crippen molar-refractivity contribution in [2.24, 2.45) is 35.3 Å². The first-order valence-corrected chi connectivity index (χ1v) is 18.5. The molecule has 0 aromatic heterocycles. The average molecular weight is 756 g/mol. The number of hydrogen-bond donors (Lipinski definition) is 2. The number of rotatable bonds is 8. The maximum absolute atomic E-state index is 14.3. The number of carbonyl (C=O) groups is 6. The molecule has 0 unspecified atom stereocenters. The van der Waals surface area contributed by atoms with Gasteiger partial charge in [-0.2, -0.15) is 0 Å². The number of hydrogen-bond acceptors (Lipinski definition) is 14. The summed E-state index contributed by atoms with van der Waals surface area (Å²) < 4.78 is 42.7. The third kappa shape index (κ3) is 9.79. The van der Waals surface area contributed by atoms with Crippen molar-refractivity contribution in [1.29, 1.82) is 0 Å². The molecule has 3 fully saturated rings. The van der Waals surface area contributed by atoms with Crippen LogP contribution in [0.4, 0.5) is 9.59 Å². The first-order valence-electron chi connectivity index (χ1n) is 18.5. The number of amides is 2. The summed E-state index contributed by atoms with van der Waals surface area (Å²) in [5, 5.41) is 2.74. The Hall–Kier alpha value is -3.50. The first-order chi connectivity index (χ1) is 24.5. The maximum atomic E-state index is 14.3. The highest BCUT2D eigenvalue weighted by Crippen LogP contribution is 2.42. The van der Waals surface area contributed by atoms with Crippen LogP contribution in [-0.2, 0) is 52.3 Å². The van der Waals surface area contributed by atoms with E-state index in [4.69, 9.17) is 38.9 Å². The van der Waals surface area contributed by atoms with Crippen LogP contribution in [0.25, 0.3) is 0 Å². The summed E-state index contributed by atoms with van der Waals surface area (Å²) in [5.41, 5.74) is 2.50. The minimum atomic E-state index is -1.75. The number of nitrogens with zero attached hydrogens (tertiary/aromatic N) is 1. The highest BCUT2D eigenvalue weighted by Gasteiger charge is 2.58. The second-order valence-electron chi connectivity index (χ2n) is 16.0. The SMILES string of the molecule is CC[C@H]1OC(=O)[C@H](C)[C@@H](OC(=O)C(C)C)[C@H](C)[C@@H](O[C@@H]2O[C@H](C)C[C@H](N(C)C)[C@H]2OC(C)=O)[C@](C)(OC(N)=O)C[C@@H](C)C(=O)[C@H](C)[C@H]2NC(=O)O[C@@]21C. The number of cyclic esters (lactones) is 1. The molecule has 0 saturated carbocycles. The second kappa shape index (κ2) is 17.3. The molecule has 16 heteroatoms. The fraction of sp³-hybridized carbons (Fsp3) is 0.838. The smallest absolute Gasteiger partial charge is 0.408 e. The van der Waals surface area contributed by atoms with E-state index in [1.165, 1.54) is 20.8 Å². The molecule has 0 spiro atoms. The van der Waals surface area contributed by atoms with E-state index < -0.39 is 108 Å². The number of ether oxygens (including phenoxy) is 7. The van der Waals surface area contributed by atoms with E-state index in [0.29, 0.717) is 6.42 Å². The monoisotopic (exact) mass is 755 g/mol. The number of Topliss-reactive ketones (excluding diaryl/α,β-unsaturated/α-hetero) is 1. The Balaban J connectivity index is 2.31. The zero-order valence-corrected chi connectivity index (χ0v) is 33.5. The first kappa shape index (κ1) is 43.9. The Kier molecular flexibility index (Phi) is 14.3. The number of ketones is 1. The van der Waals surface area contributed by atoms with E-state index in [9.17, 15) is 28.8 Å². The lowest BCUT2D eigenvalue weighted by atomic mass is 9.73. The summed E-state index contributed by atoms with van der Waals surface area (Å²) in [4.78, 5) is 81.6. The standard InChI is InChI=1S/C37H61N3O13/c1-14-25-37(11)29(39-35(46)53-37)20(6)26(42)18(4)16-36(10,52-34(38)45)30(21(7)27(22(8)32(44)49-25)50-31(43)17(2)3)51-33-28(48-23(9)41)24(40(12)13)15-19(5)47-33/h17-22,24-25,27-30,33H,14-16H2,1-13H3,(H2,38,45)(H,39,46)/t18-,19-,20+,21+,22-,24+,25-,27+,28-,29-,30-,33+,36-,37-/m1/s1. The zero-order chi connectivity index (χ0) is 40.3. The van der Waals surface area contributed by atoms with Gasteiger partial charge in [0.05, 0.1) is 30.0 Å². The number of nitrogens with two attached hydrogens (primary N) is 1. The third-order valence-corrected chi connectivity index (χ3v) is 11.0. The average Bonchev–Trinajstić information content (AvgIpc) is 3.36. The van der Waals surface area contributed by atoms with E-state index in [1.807, 2.05) is 25.9 Å². The summed E-state index contributed by atoms with van der Waals surface area (Å²) in [6.07, 6.45) is -7.57. The summed E-state index contributed by atoms with van der Waals surface area (Å²) in [6, 6.07) is -1.27. The summed E-state index contributed by atoms with van der Waals surface area (Å²) in [6.45, 7) is 17.8. The van der Waals surface area contributed by atoms with Gasteiger partial charge in [-0.05, 0) is 61.1 Å². The lowest BCUT2D eigenvalue weighted by molar-refractivity contribution is -0.301. The minimum absolute atomic E-state index is 0.162. The van der Waals surface area contributed by atoms with Crippen molar-refractivity contribution in [1.82, 2.24) is 10.2 Å². The fourth-order valence-electron chi connectivity index (χ4n) is 8.24. The molecule has 302 valence electrons. The van der Waals surface area contributed by atoms with Gasteiger partial charge in [-0.1, -0.05) is 41.5 Å². The van der Waals surface area contributed by atoms with Gasteiger partial charge in [0.2, 0.25) is 0 Å². The summed E-state index contributed by atoms with van der Waals surface area (Å²) in [5.74, 6) is -6.76. The maximum Gasteiger partial charge on any atom is 0.408 e. The number of nitrogens with one attached hydrogen (secondary N) is 1. The van der Waals surface area contributed by atoms with Crippen molar-refractivity contribution in [3.05, 3.63) is 0 Å². The predicted octanol–water partition coefficient (Wildman–Crippen LogP) is 3.50. The van der Waals surface area contributed by atoms with Crippen LogP contribution in [0, 0.1) is 29.6 Å². The molecule has 3 aliphatic heterocycles. The molecule has 0 aromatic carbocycles. The van der Waals surface area contributed by atoms with Gasteiger partial charge in [-0.15, -0.1) is 0 Å². The van der Waals surface area contributed by atoms with Crippen LogP contribution in [0.5, 0.6) is 0 Å². The van der Waals surface area contributed by atoms with Gasteiger partial charge in [-0.3, -0.25) is 19.2 Å². The molecule has 0 bridgehead atoms. The molecular formula is C37H61N3O13. The van der Waals surface area contributed by atoms with Gasteiger partial charge >= 0.3 is 30.1 Å². The molecule has 16 nitrogen and oxygen atoms in total. The number of carbonyl (C=O) groups excluding carboxylic acids is 6. The zero-order valence-electron chi connectivity index (χ0n) is 33.5. The number of alkyl carbamates (subject to hydrolysis) is 1. The van der Waals surface area contributed by atoms with Crippen molar-refractivity contribution >= 4 is 35.9 Å². The highest BCUT2D eigenvalue weighted by atomic mass is 16.7. The molecule has 3 heterocycles. The molecular weight excluding hydrogens is 694 g/mol. The lowest BCUT2D eigenvalue weighted by Gasteiger charge is -2.48. The number of primary amides is 1. The summed E-state index contributed by atoms with van der Waals surface area (Å²) >= 11 is 0. The number of fused-ring (bicyclic) bond motifs is 1. The van der Waals surface area contributed by atoms with Gasteiger partial charge in [0.15, 0.2) is 18.0 Å². The molecule has 3 N–H and O–H groups in total. The molecule has 3 rings (SSSR count). The lowest BCUT2D eigenvalue weighted by Crippen LogP contribution is -2.62. The van der Waals surface area contributed by atoms with Crippen LogP contribution in [0.1, 0.15) is 95.4 Å². The minimum Gasteiger partial charge on any atom is -0.461 e. The largest absolute Gasteiger partial charge is 0.461 e. The van der Waals surface area contributed by atoms with Crippen molar-refractivity contribution in [3.8, 4) is 0 Å². The van der Waals surface area contributed by atoms with Crippen LogP contribution in [0.15, 0.2) is 0 Å². The number of esters is 3. The van der Waals surface area contributed by atoms with Crippen molar-refractivity contribution < 1.29 is 61.9 Å². The van der Waals surface area contributed by atoms with E-state index in [1.54, 1.807) is 48.5 Å². The molecule has 0 aromatic rings. The van der Waals surface area contributed by atoms with E-state index in [-0.39, 0.29) is 30.8 Å². The normalized spacial score (nSPS) is 39.9. The molecule has 3 saturated heterocycles. The quantitative estimate of drug-likeness (QED) is 0.269. The Labute approximate surface area is 312 Å². The van der Waals surface area contributed by atoms with E-state index in [2.05, 4.69) is 5.32 Å². The third-order valence-electron chi connectivity index (χ3n) is 11.0. The predicted molar refractivity (Wildman–Crippen MR) is 189 cm³/mol. The van der Waals surface area contributed by atoms with Gasteiger partial charge in [0, 0.05) is 24.7 Å². The van der Waals surface area contributed by atoms with Crippen molar-refractivity contribution in [2.75, 3.05) is 14.1 Å². The Bertz CT molecular complexity index is 1370. The van der Waals surface area contributed by atoms with E-state index >= 15 is 0 Å². The molecule has 2 amide bonds. The van der Waals surface area contributed by atoms with Gasteiger partial charge in [0.25, 0.3) is 0 Å². The Morgan fingerprint density at radius 3 is 2.15 bits per heavy atom. The second-order valence-corrected chi connectivity index (χ2v) is 16.0. The van der Waals surface area contributed by atoms with Crippen LogP contribution in [-0.4, -0.2) is 115 Å². The molecule has 53 heavy (non-hydrogen) atoms. The highest BCUT2D eigenvalue weighted by molar-refractivity contribution is 5.85. The van der Waals surface area contributed by atoms with Gasteiger partial charge < -0.3 is 49.1 Å². The summed E-state index contributed by atoms with van der Waals surface area (Å²) in [7, 11) is 3.66. The molecule has 0 radical (unpaired) electrons. The van der Waals surface area contributed by atoms with Crippen LogP contribution in [0.3, 0.4) is 0 Å². The number of likely N-dealkylation sites (N-methyl/N-ethyl adjacent to an activating group) is 1. The van der Waals surface area contributed by atoms with Crippen LogP contribution >= 0.6 is 0 Å². The fourth-order valence-corrected chi connectivity index (χ4v) is 8.24. The van der Waals surface area contributed by atoms with Crippen molar-refractivity contribution in [2.45, 2.75) is 156 Å². The van der Waals surface area contributed by atoms with E-state index in [0.717, 1.165) is 0 Å². The molecule has 0 aliphatic carbocycles. The Morgan fingerprint density at radius 1 is 1.00 bits per heavy atom. The molecule has 3 aliphatic rings. The van der Waals surface area contributed by atoms with Crippen LogP contribution in [0.2, 0.25) is 0 Å². The Morgan fingerprint density at radius 2 is 1.62 bits per heavy atom. The van der Waals surface area contributed by atoms with Gasteiger partial charge in [0.1, 0.15) is 29.7 Å². The topological polar surface area (TPSA) is 208 Å². The van der Waals surface area contributed by atoms with Crippen LogP contribution < -0.4 is 11.1 Å². The molecule has 14 atom stereocenters. The van der Waals surface area contributed by atoms with Gasteiger partial charge in [-0.25, -0.2) is 9.59 Å².